The van der Waals surface area contributed by atoms with E-state index in [-0.39, 0.29) is 5.28 Å². The number of hydrogen-bond donors (Lipinski definition) is 1. The zero-order valence-corrected chi connectivity index (χ0v) is 12.4. The van der Waals surface area contributed by atoms with Crippen LogP contribution in [0.5, 0.6) is 5.75 Å². The highest BCUT2D eigenvalue weighted by atomic mass is 35.5. The average Bonchev–Trinajstić information content (AvgIpc) is 2.90. The van der Waals surface area contributed by atoms with Gasteiger partial charge >= 0.3 is 0 Å². The van der Waals surface area contributed by atoms with Gasteiger partial charge in [0.25, 0.3) is 0 Å². The van der Waals surface area contributed by atoms with E-state index in [0.717, 1.165) is 22.2 Å². The summed E-state index contributed by atoms with van der Waals surface area (Å²) in [4.78, 5) is 11.2. The van der Waals surface area contributed by atoms with E-state index in [9.17, 15) is 0 Å². The number of benzene rings is 1. The first-order valence-corrected chi connectivity index (χ1v) is 6.98. The zero-order valence-electron chi connectivity index (χ0n) is 10.9. The molecule has 0 aliphatic rings. The Kier molecular flexibility index (Phi) is 3.82. The van der Waals surface area contributed by atoms with E-state index in [4.69, 9.17) is 27.9 Å². The van der Waals surface area contributed by atoms with Gasteiger partial charge < -0.3 is 9.72 Å². The first-order chi connectivity index (χ1) is 10.2. The summed E-state index contributed by atoms with van der Waals surface area (Å²) in [5.41, 5.74) is 2.40. The third-order valence-corrected chi connectivity index (χ3v) is 3.45. The minimum atomic E-state index is 0.162. The second-order valence-corrected chi connectivity index (χ2v) is 5.09. The van der Waals surface area contributed by atoms with E-state index in [1.807, 2.05) is 24.4 Å². The molecule has 2 aromatic heterocycles. The van der Waals surface area contributed by atoms with Crippen molar-refractivity contribution in [1.29, 1.82) is 0 Å². The molecule has 1 aromatic carbocycles. The number of ether oxygens (including phenoxy) is 1. The van der Waals surface area contributed by atoms with Crippen molar-refractivity contribution in [3.63, 3.8) is 0 Å². The van der Waals surface area contributed by atoms with Crippen LogP contribution < -0.4 is 4.74 Å². The van der Waals surface area contributed by atoms with Gasteiger partial charge in [-0.15, -0.1) is 0 Å². The molecule has 0 aliphatic carbocycles. The quantitative estimate of drug-likeness (QED) is 0.569. The number of aromatic amines is 1. The summed E-state index contributed by atoms with van der Waals surface area (Å²) in [6.07, 6.45) is 5.03. The summed E-state index contributed by atoms with van der Waals surface area (Å²) in [6, 6.07) is 5.75. The van der Waals surface area contributed by atoms with Gasteiger partial charge in [0.05, 0.1) is 16.9 Å². The highest BCUT2D eigenvalue weighted by Crippen LogP contribution is 2.33. The highest BCUT2D eigenvalue weighted by molar-refractivity contribution is 6.34. The van der Waals surface area contributed by atoms with Gasteiger partial charge in [0.2, 0.25) is 5.28 Å². The topological polar surface area (TPSA) is 50.8 Å². The fraction of sp³-hybridized carbons (Fsp3) is 0.0667. The Hall–Kier alpha value is -2.04. The van der Waals surface area contributed by atoms with Crippen molar-refractivity contribution in [1.82, 2.24) is 15.0 Å². The van der Waals surface area contributed by atoms with Crippen molar-refractivity contribution in [2.75, 3.05) is 6.61 Å². The third-order valence-electron chi connectivity index (χ3n) is 2.99. The van der Waals surface area contributed by atoms with E-state index >= 15 is 0 Å². The molecule has 21 heavy (non-hydrogen) atoms. The van der Waals surface area contributed by atoms with Gasteiger partial charge in [0.1, 0.15) is 12.4 Å². The van der Waals surface area contributed by atoms with Crippen molar-refractivity contribution >= 4 is 34.1 Å². The molecule has 3 aromatic rings. The van der Waals surface area contributed by atoms with E-state index < -0.39 is 0 Å². The lowest BCUT2D eigenvalue weighted by molar-refractivity contribution is 0.364. The maximum atomic E-state index is 6.15. The van der Waals surface area contributed by atoms with Crippen molar-refractivity contribution in [2.45, 2.75) is 0 Å². The van der Waals surface area contributed by atoms with Gasteiger partial charge in [-0.25, -0.2) is 9.97 Å². The van der Waals surface area contributed by atoms with Crippen LogP contribution in [-0.2, 0) is 0 Å². The first-order valence-electron chi connectivity index (χ1n) is 6.22. The minimum absolute atomic E-state index is 0.162. The molecule has 0 spiro atoms. The molecule has 0 unspecified atom stereocenters. The van der Waals surface area contributed by atoms with Crippen LogP contribution in [0, 0.1) is 0 Å². The monoisotopic (exact) mass is 319 g/mol. The Morgan fingerprint density at radius 3 is 3.00 bits per heavy atom. The molecule has 0 aliphatic heterocycles. The summed E-state index contributed by atoms with van der Waals surface area (Å²) in [5, 5.41) is 1.60. The lowest BCUT2D eigenvalue weighted by Crippen LogP contribution is -1.92. The second-order valence-electron chi connectivity index (χ2n) is 4.34. The predicted octanol–water partition coefficient (Wildman–Crippen LogP) is 4.50. The smallest absolute Gasteiger partial charge is 0.222 e. The van der Waals surface area contributed by atoms with Gasteiger partial charge in [0.15, 0.2) is 0 Å². The molecule has 0 saturated carbocycles. The Labute approximate surface area is 131 Å². The van der Waals surface area contributed by atoms with Crippen molar-refractivity contribution in [3.05, 3.63) is 53.6 Å². The molecule has 1 N–H and O–H groups in total. The number of rotatable bonds is 4. The number of fused-ring (bicyclic) bond motifs is 1. The maximum absolute atomic E-state index is 6.15. The molecule has 106 valence electrons. The van der Waals surface area contributed by atoms with Crippen LogP contribution in [0.2, 0.25) is 10.3 Å². The fourth-order valence-corrected chi connectivity index (χ4v) is 2.41. The molecule has 0 atom stereocenters. The fourth-order valence-electron chi connectivity index (χ4n) is 2.08. The van der Waals surface area contributed by atoms with E-state index in [2.05, 4.69) is 21.5 Å². The lowest BCUT2D eigenvalue weighted by atomic mass is 10.1. The predicted molar refractivity (Wildman–Crippen MR) is 85.0 cm³/mol. The average molecular weight is 320 g/mol. The van der Waals surface area contributed by atoms with Crippen LogP contribution in [0.1, 0.15) is 0 Å². The number of nitrogens with zero attached hydrogens (tertiary/aromatic N) is 2. The maximum Gasteiger partial charge on any atom is 0.222 e. The van der Waals surface area contributed by atoms with Crippen LogP contribution in [0.3, 0.4) is 0 Å². The normalized spacial score (nSPS) is 10.8. The Morgan fingerprint density at radius 1 is 1.33 bits per heavy atom. The molecule has 3 rings (SSSR count). The number of H-pyrrole nitrogens is 1. The molecular formula is C15H11Cl2N3O. The van der Waals surface area contributed by atoms with Crippen molar-refractivity contribution in [3.8, 4) is 17.0 Å². The summed E-state index contributed by atoms with van der Waals surface area (Å²) in [6.45, 7) is 4.09. The molecule has 0 amide bonds. The van der Waals surface area contributed by atoms with Crippen LogP contribution in [0.15, 0.2) is 43.2 Å². The van der Waals surface area contributed by atoms with Crippen LogP contribution in [0.4, 0.5) is 0 Å². The number of halogens is 2. The van der Waals surface area contributed by atoms with Crippen LogP contribution in [-0.4, -0.2) is 21.6 Å². The zero-order chi connectivity index (χ0) is 14.8. The Bertz CT molecular complexity index is 814. The highest BCUT2D eigenvalue weighted by Gasteiger charge is 2.12. The Balaban J connectivity index is 2.08. The molecule has 6 heteroatoms. The molecule has 0 bridgehead atoms. The third kappa shape index (κ3) is 2.73. The minimum Gasteiger partial charge on any atom is -0.489 e. The molecular weight excluding hydrogens is 309 g/mol. The van der Waals surface area contributed by atoms with Gasteiger partial charge in [-0.1, -0.05) is 24.3 Å². The standard InChI is InChI=1S/C15H11Cl2N3O/c1-2-5-21-9-3-4-10-11(7-18-13(10)6-9)14-12(16)8-19-15(17)20-14/h2-4,6-8,18H,1,5H2. The summed E-state index contributed by atoms with van der Waals surface area (Å²) >= 11 is 12.0. The van der Waals surface area contributed by atoms with Gasteiger partial charge in [-0.05, 0) is 23.7 Å². The van der Waals surface area contributed by atoms with Gasteiger partial charge in [-0.3, -0.25) is 0 Å². The van der Waals surface area contributed by atoms with Crippen LogP contribution >= 0.6 is 23.2 Å². The molecule has 2 heterocycles. The lowest BCUT2D eigenvalue weighted by Gasteiger charge is -2.04. The van der Waals surface area contributed by atoms with Gasteiger partial charge in [0, 0.05) is 28.7 Å². The first kappa shape index (κ1) is 13.9. The van der Waals surface area contributed by atoms with E-state index in [1.165, 1.54) is 6.20 Å². The second kappa shape index (κ2) is 5.76. The summed E-state index contributed by atoms with van der Waals surface area (Å²) in [7, 11) is 0. The largest absolute Gasteiger partial charge is 0.489 e. The van der Waals surface area contributed by atoms with E-state index in [1.54, 1.807) is 6.08 Å². The number of aromatic nitrogens is 3. The molecule has 4 nitrogen and oxygen atoms in total. The molecule has 0 saturated heterocycles. The number of hydrogen-bond acceptors (Lipinski definition) is 3. The molecule has 0 fully saturated rings. The van der Waals surface area contributed by atoms with Crippen molar-refractivity contribution in [2.24, 2.45) is 0 Å². The Morgan fingerprint density at radius 2 is 2.19 bits per heavy atom. The SMILES string of the molecule is C=CCOc1ccc2c(-c3nc(Cl)ncc3Cl)c[nH]c2c1. The summed E-state index contributed by atoms with van der Waals surface area (Å²) in [5.74, 6) is 0.766. The summed E-state index contributed by atoms with van der Waals surface area (Å²) < 4.78 is 5.51. The molecule has 0 radical (unpaired) electrons. The van der Waals surface area contributed by atoms with E-state index in [0.29, 0.717) is 17.3 Å². The van der Waals surface area contributed by atoms with Crippen molar-refractivity contribution < 1.29 is 4.74 Å². The van der Waals surface area contributed by atoms with Gasteiger partial charge in [-0.2, -0.15) is 0 Å². The number of nitrogens with one attached hydrogen (secondary N) is 1. The van der Waals surface area contributed by atoms with Crippen LogP contribution in [0.25, 0.3) is 22.2 Å².